The molecule has 0 saturated carbocycles. The Labute approximate surface area is 165 Å². The zero-order chi connectivity index (χ0) is 20.5. The summed E-state index contributed by atoms with van der Waals surface area (Å²) in [6, 6.07) is 3.80. The Kier molecular flexibility index (Phi) is 8.44. The average Bonchev–Trinajstić information content (AvgIpc) is 2.69. The van der Waals surface area contributed by atoms with Crippen molar-refractivity contribution in [3.8, 4) is 0 Å². The van der Waals surface area contributed by atoms with Gasteiger partial charge in [0, 0.05) is 45.7 Å². The molecule has 1 aromatic rings. The SMILES string of the molecule is CN=c1ccc(C2CC=C(F)C(F)=C2OCC/C(C)=C/NC)cn1CCNC. The highest BCUT2D eigenvalue weighted by Gasteiger charge is 2.28. The van der Waals surface area contributed by atoms with Gasteiger partial charge < -0.3 is 19.9 Å². The van der Waals surface area contributed by atoms with Crippen LogP contribution in [0, 0.1) is 0 Å². The van der Waals surface area contributed by atoms with E-state index in [4.69, 9.17) is 4.74 Å². The van der Waals surface area contributed by atoms with E-state index >= 15 is 0 Å². The Balaban J connectivity index is 2.28. The maximum Gasteiger partial charge on any atom is 0.196 e. The van der Waals surface area contributed by atoms with E-state index in [-0.39, 0.29) is 11.7 Å². The predicted octanol–water partition coefficient (Wildman–Crippen LogP) is 3.29. The molecule has 1 atom stereocenters. The third-order valence-corrected chi connectivity index (χ3v) is 4.68. The normalized spacial score (nSPS) is 18.4. The Morgan fingerprint density at radius 3 is 2.82 bits per heavy atom. The van der Waals surface area contributed by atoms with Crippen molar-refractivity contribution in [3.63, 3.8) is 0 Å². The number of hydrogen-bond donors (Lipinski definition) is 2. The fourth-order valence-electron chi connectivity index (χ4n) is 3.16. The minimum atomic E-state index is -0.905. The molecule has 0 aromatic carbocycles. The molecular weight excluding hydrogens is 362 g/mol. The summed E-state index contributed by atoms with van der Waals surface area (Å²) in [6.45, 7) is 3.75. The van der Waals surface area contributed by atoms with E-state index in [0.29, 0.717) is 19.4 Å². The van der Waals surface area contributed by atoms with Crippen LogP contribution >= 0.6 is 0 Å². The molecule has 154 valence electrons. The number of halogens is 2. The third kappa shape index (κ3) is 5.55. The molecule has 2 rings (SSSR count). The van der Waals surface area contributed by atoms with Gasteiger partial charge in [0.15, 0.2) is 11.7 Å². The Bertz CT molecular complexity index is 824. The topological polar surface area (TPSA) is 50.6 Å². The summed E-state index contributed by atoms with van der Waals surface area (Å²) in [4.78, 5) is 4.28. The van der Waals surface area contributed by atoms with Gasteiger partial charge in [0.25, 0.3) is 0 Å². The molecule has 0 bridgehead atoms. The van der Waals surface area contributed by atoms with E-state index in [9.17, 15) is 8.78 Å². The molecule has 1 heterocycles. The van der Waals surface area contributed by atoms with Gasteiger partial charge >= 0.3 is 0 Å². The standard InChI is InChI=1S/C21H30F2N4O/c1-15(13-25-3)9-12-28-21-17(6-7-18(22)20(21)23)16-5-8-19(26-4)27(14-16)11-10-24-2/h5,7-8,13-14,17,24-25H,6,9-12H2,1-4H3/b15-13+,26-19?. The van der Waals surface area contributed by atoms with Gasteiger partial charge in [0.05, 0.1) is 6.61 Å². The lowest BCUT2D eigenvalue weighted by Gasteiger charge is -2.25. The summed E-state index contributed by atoms with van der Waals surface area (Å²) in [5, 5.41) is 6.06. The zero-order valence-corrected chi connectivity index (χ0v) is 17.1. The Hall–Kier alpha value is -2.41. The van der Waals surface area contributed by atoms with Gasteiger partial charge in [-0.15, -0.1) is 0 Å². The zero-order valence-electron chi connectivity index (χ0n) is 17.1. The molecular formula is C21H30F2N4O. The van der Waals surface area contributed by atoms with Gasteiger partial charge in [-0.05, 0) is 44.3 Å². The van der Waals surface area contributed by atoms with Gasteiger partial charge in [-0.25, -0.2) is 8.78 Å². The highest BCUT2D eigenvalue weighted by Crippen LogP contribution is 2.38. The first-order chi connectivity index (χ1) is 13.5. The van der Waals surface area contributed by atoms with Crippen LogP contribution in [0.3, 0.4) is 0 Å². The number of allylic oxidation sites excluding steroid dienone is 4. The van der Waals surface area contributed by atoms with Gasteiger partial charge in [-0.3, -0.25) is 4.99 Å². The Morgan fingerprint density at radius 1 is 1.36 bits per heavy atom. The maximum absolute atomic E-state index is 14.5. The number of rotatable bonds is 9. The third-order valence-electron chi connectivity index (χ3n) is 4.68. The number of nitrogens with zero attached hydrogens (tertiary/aromatic N) is 2. The van der Waals surface area contributed by atoms with Crippen molar-refractivity contribution in [2.45, 2.75) is 32.2 Å². The van der Waals surface area contributed by atoms with Crippen LogP contribution in [0.5, 0.6) is 0 Å². The van der Waals surface area contributed by atoms with Crippen molar-refractivity contribution in [1.82, 2.24) is 15.2 Å². The molecule has 5 nitrogen and oxygen atoms in total. The summed E-state index contributed by atoms with van der Waals surface area (Å²) >= 11 is 0. The van der Waals surface area contributed by atoms with Gasteiger partial charge in [-0.1, -0.05) is 11.6 Å². The van der Waals surface area contributed by atoms with Gasteiger partial charge in [0.2, 0.25) is 0 Å². The van der Waals surface area contributed by atoms with E-state index in [1.807, 2.05) is 50.1 Å². The molecule has 0 saturated heterocycles. The fraction of sp³-hybridized carbons (Fsp3) is 0.476. The summed E-state index contributed by atoms with van der Waals surface area (Å²) in [5.74, 6) is -2.05. The highest BCUT2D eigenvalue weighted by atomic mass is 19.2. The molecule has 0 aliphatic heterocycles. The molecule has 1 aliphatic carbocycles. The number of likely N-dealkylation sites (N-methyl/N-ethyl adjacent to an activating group) is 1. The molecule has 0 fully saturated rings. The van der Waals surface area contributed by atoms with Crippen molar-refractivity contribution in [1.29, 1.82) is 0 Å². The van der Waals surface area contributed by atoms with Crippen molar-refractivity contribution in [2.75, 3.05) is 34.3 Å². The minimum absolute atomic E-state index is 0.0682. The molecule has 0 radical (unpaired) electrons. The van der Waals surface area contributed by atoms with Crippen molar-refractivity contribution in [2.24, 2.45) is 4.99 Å². The minimum Gasteiger partial charge on any atom is -0.494 e. The van der Waals surface area contributed by atoms with Crippen LogP contribution in [0.2, 0.25) is 0 Å². The lowest BCUT2D eigenvalue weighted by atomic mass is 9.90. The summed E-state index contributed by atoms with van der Waals surface area (Å²) in [5.41, 5.74) is 2.78. The molecule has 0 amide bonds. The van der Waals surface area contributed by atoms with Crippen LogP contribution in [-0.2, 0) is 11.3 Å². The number of hydrogen-bond acceptors (Lipinski definition) is 4. The van der Waals surface area contributed by atoms with Crippen molar-refractivity contribution in [3.05, 3.63) is 64.6 Å². The number of ether oxygens (including phenoxy) is 1. The van der Waals surface area contributed by atoms with Crippen LogP contribution in [0.4, 0.5) is 8.78 Å². The molecule has 1 aromatic heterocycles. The second-order valence-corrected chi connectivity index (χ2v) is 6.74. The lowest BCUT2D eigenvalue weighted by Crippen LogP contribution is -2.26. The number of pyridine rings is 1. The summed E-state index contributed by atoms with van der Waals surface area (Å²) < 4.78 is 36.2. The van der Waals surface area contributed by atoms with Crippen LogP contribution in [0.15, 0.2) is 58.6 Å². The molecule has 28 heavy (non-hydrogen) atoms. The molecule has 1 aliphatic rings. The summed E-state index contributed by atoms with van der Waals surface area (Å²) in [6.07, 6.45) is 6.09. The quantitative estimate of drug-likeness (QED) is 0.678. The van der Waals surface area contributed by atoms with E-state index in [2.05, 4.69) is 15.6 Å². The maximum atomic E-state index is 14.5. The predicted molar refractivity (Wildman–Crippen MR) is 108 cm³/mol. The summed E-state index contributed by atoms with van der Waals surface area (Å²) in [7, 11) is 5.44. The largest absolute Gasteiger partial charge is 0.494 e. The second-order valence-electron chi connectivity index (χ2n) is 6.74. The first-order valence-electron chi connectivity index (χ1n) is 9.51. The van der Waals surface area contributed by atoms with E-state index in [1.54, 1.807) is 7.05 Å². The van der Waals surface area contributed by atoms with Crippen molar-refractivity contribution >= 4 is 0 Å². The Morgan fingerprint density at radius 2 is 2.14 bits per heavy atom. The van der Waals surface area contributed by atoms with E-state index in [0.717, 1.165) is 29.7 Å². The van der Waals surface area contributed by atoms with Gasteiger partial charge in [0.1, 0.15) is 11.2 Å². The van der Waals surface area contributed by atoms with Gasteiger partial charge in [-0.2, -0.15) is 0 Å². The molecule has 2 N–H and O–H groups in total. The first kappa shape index (κ1) is 21.9. The smallest absolute Gasteiger partial charge is 0.196 e. The van der Waals surface area contributed by atoms with Crippen molar-refractivity contribution < 1.29 is 13.5 Å². The van der Waals surface area contributed by atoms with E-state index in [1.165, 1.54) is 6.08 Å². The first-order valence-corrected chi connectivity index (χ1v) is 9.51. The lowest BCUT2D eigenvalue weighted by molar-refractivity contribution is 0.181. The van der Waals surface area contributed by atoms with Crippen LogP contribution in [-0.4, -0.2) is 38.9 Å². The second kappa shape index (κ2) is 10.8. The van der Waals surface area contributed by atoms with Crippen LogP contribution in [0.25, 0.3) is 0 Å². The molecule has 1 unspecified atom stereocenters. The number of nitrogens with one attached hydrogen (secondary N) is 2. The fourth-order valence-corrected chi connectivity index (χ4v) is 3.16. The van der Waals surface area contributed by atoms with Crippen LogP contribution < -0.4 is 16.1 Å². The van der Waals surface area contributed by atoms with E-state index < -0.39 is 11.7 Å². The number of aromatic nitrogens is 1. The average molecular weight is 392 g/mol. The molecule has 7 heteroatoms. The monoisotopic (exact) mass is 392 g/mol. The molecule has 0 spiro atoms. The highest BCUT2D eigenvalue weighted by molar-refractivity contribution is 5.36. The van der Waals surface area contributed by atoms with Crippen LogP contribution in [0.1, 0.15) is 31.2 Å².